The Kier molecular flexibility index (Phi) is 10.2. The van der Waals surface area contributed by atoms with Gasteiger partial charge in [-0.05, 0) is 48.8 Å². The van der Waals surface area contributed by atoms with Crippen molar-refractivity contribution in [3.63, 3.8) is 0 Å². The van der Waals surface area contributed by atoms with Crippen LogP contribution in [0.3, 0.4) is 0 Å². The Morgan fingerprint density at radius 2 is 2.21 bits per heavy atom. The molecule has 8 heteroatoms. The smallest absolute Gasteiger partial charge is 0.225 e. The molecule has 0 aromatic heterocycles. The van der Waals surface area contributed by atoms with Crippen LogP contribution in [0.4, 0.5) is 4.39 Å². The van der Waals surface area contributed by atoms with E-state index in [-0.39, 0.29) is 30.8 Å². The summed E-state index contributed by atoms with van der Waals surface area (Å²) in [6.07, 6.45) is 5.01. The van der Waals surface area contributed by atoms with Crippen LogP contribution in [0, 0.1) is 17.7 Å². The van der Waals surface area contributed by atoms with Gasteiger partial charge in [-0.3, -0.25) is 9.52 Å². The molecule has 2 rings (SSSR count). The number of rotatable bonds is 14. The summed E-state index contributed by atoms with van der Waals surface area (Å²) in [7, 11) is 1.53. The molecule has 1 fully saturated rings. The van der Waals surface area contributed by atoms with E-state index in [1.807, 2.05) is 18.4 Å². The quantitative estimate of drug-likeness (QED) is 0.271. The molecule has 0 heterocycles. The van der Waals surface area contributed by atoms with Crippen LogP contribution in [0.15, 0.2) is 29.7 Å². The Hall–Kier alpha value is -1.90. The SMILES string of the molecule is CNC(=O)C(CC=O)COC/C=C/SNC(C)c1ccc(F)c(OCC2CC2)c1. The Morgan fingerprint density at radius 1 is 1.41 bits per heavy atom. The van der Waals surface area contributed by atoms with Gasteiger partial charge in [0.05, 0.1) is 25.7 Å². The molecule has 2 N–H and O–H groups in total. The Bertz CT molecular complexity index is 697. The summed E-state index contributed by atoms with van der Waals surface area (Å²) in [5.74, 6) is -0.132. The van der Waals surface area contributed by atoms with Crippen molar-refractivity contribution in [1.82, 2.24) is 10.0 Å². The second kappa shape index (κ2) is 12.6. The third-order valence-electron chi connectivity index (χ3n) is 4.57. The number of benzene rings is 1. The van der Waals surface area contributed by atoms with Gasteiger partial charge in [0.15, 0.2) is 11.6 Å². The molecular formula is C21H29FN2O4S. The molecule has 0 bridgehead atoms. The molecular weight excluding hydrogens is 395 g/mol. The van der Waals surface area contributed by atoms with E-state index in [1.165, 1.54) is 25.1 Å². The van der Waals surface area contributed by atoms with Gasteiger partial charge in [-0.1, -0.05) is 24.1 Å². The maximum absolute atomic E-state index is 13.9. The number of hydrogen-bond donors (Lipinski definition) is 2. The standard InChI is InChI=1S/C21H29FN2O4S/c1-15(17-6-7-19(22)20(12-17)28-13-16-4-5-16)24-29-11-3-10-27-14-18(8-9-25)21(26)23-2/h3,6-7,9,11-12,15-16,18,24H,4-5,8,10,13-14H2,1-2H3,(H,23,26)/b11-3+. The average Bonchev–Trinajstić information content (AvgIpc) is 3.55. The second-order valence-electron chi connectivity index (χ2n) is 7.02. The first-order valence-corrected chi connectivity index (χ1v) is 10.6. The fourth-order valence-corrected chi connectivity index (χ4v) is 3.13. The molecule has 1 amide bonds. The molecule has 6 nitrogen and oxygen atoms in total. The zero-order chi connectivity index (χ0) is 21.1. The van der Waals surface area contributed by atoms with E-state index in [0.29, 0.717) is 24.9 Å². The molecule has 1 aliphatic carbocycles. The lowest BCUT2D eigenvalue weighted by Crippen LogP contribution is -2.31. The summed E-state index contributed by atoms with van der Waals surface area (Å²) in [5.41, 5.74) is 0.941. The number of carbonyl (C=O) groups excluding carboxylic acids is 2. The van der Waals surface area contributed by atoms with E-state index in [1.54, 1.807) is 12.1 Å². The number of ether oxygens (including phenoxy) is 2. The Labute approximate surface area is 175 Å². The highest BCUT2D eigenvalue weighted by Crippen LogP contribution is 2.31. The van der Waals surface area contributed by atoms with E-state index in [9.17, 15) is 14.0 Å². The summed E-state index contributed by atoms with van der Waals surface area (Å²) in [5, 5.41) is 4.37. The van der Waals surface area contributed by atoms with E-state index >= 15 is 0 Å². The molecule has 2 atom stereocenters. The molecule has 0 radical (unpaired) electrons. The zero-order valence-corrected chi connectivity index (χ0v) is 17.7. The lowest BCUT2D eigenvalue weighted by Gasteiger charge is -2.14. The second-order valence-corrected chi connectivity index (χ2v) is 7.77. The van der Waals surface area contributed by atoms with Gasteiger partial charge in [0, 0.05) is 19.5 Å². The molecule has 0 spiro atoms. The number of amides is 1. The van der Waals surface area contributed by atoms with Gasteiger partial charge in [0.2, 0.25) is 5.91 Å². The largest absolute Gasteiger partial charge is 0.490 e. The van der Waals surface area contributed by atoms with Crippen LogP contribution in [0.25, 0.3) is 0 Å². The number of halogens is 1. The van der Waals surface area contributed by atoms with Gasteiger partial charge >= 0.3 is 0 Å². The van der Waals surface area contributed by atoms with E-state index in [0.717, 1.165) is 24.7 Å². The van der Waals surface area contributed by atoms with Crippen LogP contribution in [-0.4, -0.2) is 39.1 Å². The normalized spacial score (nSPS) is 15.8. The van der Waals surface area contributed by atoms with Crippen molar-refractivity contribution in [1.29, 1.82) is 0 Å². The fraction of sp³-hybridized carbons (Fsp3) is 0.524. The van der Waals surface area contributed by atoms with Crippen molar-refractivity contribution in [2.75, 3.05) is 26.9 Å². The van der Waals surface area contributed by atoms with Gasteiger partial charge in [0.1, 0.15) is 6.29 Å². The third-order valence-corrected chi connectivity index (χ3v) is 5.39. The monoisotopic (exact) mass is 424 g/mol. The lowest BCUT2D eigenvalue weighted by atomic mass is 10.1. The summed E-state index contributed by atoms with van der Waals surface area (Å²) in [4.78, 5) is 22.2. The van der Waals surface area contributed by atoms with Crippen LogP contribution in [0.2, 0.25) is 0 Å². The van der Waals surface area contributed by atoms with E-state index in [4.69, 9.17) is 9.47 Å². The predicted molar refractivity (Wildman–Crippen MR) is 112 cm³/mol. The summed E-state index contributed by atoms with van der Waals surface area (Å²) < 4.78 is 28.2. The molecule has 1 aliphatic rings. The molecule has 2 unspecified atom stereocenters. The summed E-state index contributed by atoms with van der Waals surface area (Å²) in [6, 6.07) is 4.93. The van der Waals surface area contributed by atoms with Crippen LogP contribution in [0.1, 0.15) is 37.8 Å². The first-order chi connectivity index (χ1) is 14.0. The van der Waals surface area contributed by atoms with Crippen LogP contribution in [0.5, 0.6) is 5.75 Å². The van der Waals surface area contributed by atoms with Crippen molar-refractivity contribution in [3.05, 3.63) is 41.1 Å². The highest BCUT2D eigenvalue weighted by Gasteiger charge is 2.22. The van der Waals surface area contributed by atoms with E-state index in [2.05, 4.69) is 10.0 Å². The van der Waals surface area contributed by atoms with Crippen LogP contribution < -0.4 is 14.8 Å². The molecule has 1 aromatic carbocycles. The van der Waals surface area contributed by atoms with Crippen molar-refractivity contribution >= 4 is 24.1 Å². The van der Waals surface area contributed by atoms with Gasteiger partial charge < -0.3 is 19.6 Å². The molecule has 0 saturated heterocycles. The number of aldehydes is 1. The van der Waals surface area contributed by atoms with Crippen LogP contribution >= 0.6 is 11.9 Å². The van der Waals surface area contributed by atoms with Crippen molar-refractivity contribution in [2.24, 2.45) is 11.8 Å². The Balaban J connectivity index is 1.69. The van der Waals surface area contributed by atoms with Gasteiger partial charge in [-0.2, -0.15) is 0 Å². The van der Waals surface area contributed by atoms with Crippen molar-refractivity contribution in [2.45, 2.75) is 32.2 Å². The first kappa shape index (κ1) is 23.4. The predicted octanol–water partition coefficient (Wildman–Crippen LogP) is 3.39. The molecule has 0 aliphatic heterocycles. The summed E-state index contributed by atoms with van der Waals surface area (Å²) in [6.45, 7) is 3.09. The minimum atomic E-state index is -0.466. The van der Waals surface area contributed by atoms with Crippen molar-refractivity contribution < 1.29 is 23.5 Å². The average molecular weight is 425 g/mol. The molecule has 29 heavy (non-hydrogen) atoms. The first-order valence-electron chi connectivity index (χ1n) is 9.76. The van der Waals surface area contributed by atoms with Gasteiger partial charge in [-0.15, -0.1) is 0 Å². The Morgan fingerprint density at radius 3 is 2.90 bits per heavy atom. The zero-order valence-electron chi connectivity index (χ0n) is 16.9. The fourth-order valence-electron chi connectivity index (χ4n) is 2.54. The summed E-state index contributed by atoms with van der Waals surface area (Å²) >= 11 is 1.39. The highest BCUT2D eigenvalue weighted by molar-refractivity contribution is 8.00. The highest BCUT2D eigenvalue weighted by atomic mass is 32.2. The van der Waals surface area contributed by atoms with Gasteiger partial charge in [-0.25, -0.2) is 4.39 Å². The molecule has 1 aromatic rings. The van der Waals surface area contributed by atoms with Gasteiger partial charge in [0.25, 0.3) is 0 Å². The van der Waals surface area contributed by atoms with Crippen LogP contribution in [-0.2, 0) is 14.3 Å². The minimum absolute atomic E-state index is 0.000310. The lowest BCUT2D eigenvalue weighted by molar-refractivity contribution is -0.128. The third kappa shape index (κ3) is 8.55. The number of nitrogens with one attached hydrogen (secondary N) is 2. The molecule has 1 saturated carbocycles. The molecule has 160 valence electrons. The maximum Gasteiger partial charge on any atom is 0.225 e. The van der Waals surface area contributed by atoms with Crippen molar-refractivity contribution in [3.8, 4) is 5.75 Å². The number of hydrogen-bond acceptors (Lipinski definition) is 6. The van der Waals surface area contributed by atoms with E-state index < -0.39 is 5.92 Å². The maximum atomic E-state index is 13.9. The topological polar surface area (TPSA) is 76.7 Å². The number of carbonyl (C=O) groups is 2. The minimum Gasteiger partial charge on any atom is -0.490 e.